The van der Waals surface area contributed by atoms with Crippen molar-refractivity contribution in [3.63, 3.8) is 0 Å². The molecule has 1 nitrogen and oxygen atoms in total. The summed E-state index contributed by atoms with van der Waals surface area (Å²) in [5.41, 5.74) is 2.53. The van der Waals surface area contributed by atoms with E-state index in [2.05, 4.69) is 31.2 Å². The van der Waals surface area contributed by atoms with Crippen molar-refractivity contribution < 1.29 is 4.79 Å². The van der Waals surface area contributed by atoms with Crippen LogP contribution >= 0.6 is 0 Å². The third-order valence-corrected chi connectivity index (χ3v) is 2.82. The van der Waals surface area contributed by atoms with Crippen LogP contribution in [0.5, 0.6) is 0 Å². The van der Waals surface area contributed by atoms with E-state index in [1.807, 2.05) is 6.07 Å². The predicted molar refractivity (Wildman–Crippen MR) is 57.2 cm³/mol. The molecule has 2 rings (SSSR count). The molecule has 0 saturated heterocycles. The molecule has 0 aromatic heterocycles. The van der Waals surface area contributed by atoms with E-state index in [0.29, 0.717) is 12.3 Å². The second-order valence-electron chi connectivity index (χ2n) is 3.86. The van der Waals surface area contributed by atoms with Crippen LogP contribution in [-0.2, 0) is 4.79 Å². The van der Waals surface area contributed by atoms with Crippen LogP contribution in [0, 0.1) is 0 Å². The van der Waals surface area contributed by atoms with Gasteiger partial charge in [-0.1, -0.05) is 35.9 Å². The van der Waals surface area contributed by atoms with Crippen molar-refractivity contribution in [2.45, 2.75) is 25.7 Å². The van der Waals surface area contributed by atoms with E-state index in [4.69, 9.17) is 0 Å². The summed E-state index contributed by atoms with van der Waals surface area (Å²) >= 11 is 0. The third kappa shape index (κ3) is 1.77. The summed E-state index contributed by atoms with van der Waals surface area (Å²) in [5.74, 6) is 0.726. The molecule has 0 N–H and O–H groups in total. The van der Waals surface area contributed by atoms with Gasteiger partial charge >= 0.3 is 0 Å². The zero-order valence-electron chi connectivity index (χ0n) is 8.36. The molecule has 1 heteroatoms. The van der Waals surface area contributed by atoms with Gasteiger partial charge in [-0.25, -0.2) is 0 Å². The number of carbonyl (C=O) groups is 1. The van der Waals surface area contributed by atoms with E-state index < -0.39 is 0 Å². The van der Waals surface area contributed by atoms with Crippen LogP contribution in [0.3, 0.4) is 0 Å². The van der Waals surface area contributed by atoms with Gasteiger partial charge in [0.25, 0.3) is 0 Å². The van der Waals surface area contributed by atoms with Crippen LogP contribution in [0.15, 0.2) is 42.0 Å². The number of hydrogen-bond acceptors (Lipinski definition) is 1. The largest absolute Gasteiger partial charge is 0.295 e. The zero-order valence-corrected chi connectivity index (χ0v) is 8.36. The Morgan fingerprint density at radius 2 is 1.93 bits per heavy atom. The monoisotopic (exact) mass is 186 g/mol. The normalized spacial score (nSPS) is 21.9. The Balaban J connectivity index is 2.29. The summed E-state index contributed by atoms with van der Waals surface area (Å²) in [4.78, 5) is 11.2. The number of rotatable bonds is 1. The molecule has 0 amide bonds. The van der Waals surface area contributed by atoms with Crippen LogP contribution in [0.1, 0.15) is 31.2 Å². The fourth-order valence-corrected chi connectivity index (χ4v) is 2.06. The molecule has 1 aliphatic rings. The summed E-state index contributed by atoms with van der Waals surface area (Å²) in [6.07, 6.45) is 3.45. The smallest absolute Gasteiger partial charge is 0.155 e. The van der Waals surface area contributed by atoms with E-state index in [0.717, 1.165) is 6.42 Å². The second kappa shape index (κ2) is 3.79. The van der Waals surface area contributed by atoms with Crippen molar-refractivity contribution in [2.75, 3.05) is 0 Å². The lowest BCUT2D eigenvalue weighted by molar-refractivity contribution is -0.115. The van der Waals surface area contributed by atoms with Gasteiger partial charge in [-0.2, -0.15) is 0 Å². The Hall–Kier alpha value is -1.37. The van der Waals surface area contributed by atoms with Crippen LogP contribution < -0.4 is 0 Å². The lowest BCUT2D eigenvalue weighted by Gasteiger charge is -2.21. The number of hydrogen-bond donors (Lipinski definition) is 0. The highest BCUT2D eigenvalue weighted by molar-refractivity contribution is 5.91. The molecule has 14 heavy (non-hydrogen) atoms. The maximum absolute atomic E-state index is 11.2. The quantitative estimate of drug-likeness (QED) is 0.658. The summed E-state index contributed by atoms with van der Waals surface area (Å²) in [6, 6.07) is 10.4. The van der Waals surface area contributed by atoms with Gasteiger partial charge in [0, 0.05) is 12.3 Å². The molecule has 0 spiro atoms. The summed E-state index contributed by atoms with van der Waals surface area (Å²) in [5, 5.41) is 0. The highest BCUT2D eigenvalue weighted by atomic mass is 16.1. The molecular weight excluding hydrogens is 172 g/mol. The number of allylic oxidation sites excluding steroid dienone is 2. The minimum Gasteiger partial charge on any atom is -0.295 e. The van der Waals surface area contributed by atoms with Crippen LogP contribution in [-0.4, -0.2) is 5.78 Å². The van der Waals surface area contributed by atoms with Crippen molar-refractivity contribution >= 4 is 5.78 Å². The lowest BCUT2D eigenvalue weighted by atomic mass is 9.83. The van der Waals surface area contributed by atoms with Crippen LogP contribution in [0.25, 0.3) is 0 Å². The third-order valence-electron chi connectivity index (χ3n) is 2.82. The first-order valence-corrected chi connectivity index (χ1v) is 5.03. The molecule has 0 heterocycles. The summed E-state index contributed by atoms with van der Waals surface area (Å²) < 4.78 is 0. The fourth-order valence-electron chi connectivity index (χ4n) is 2.06. The first-order valence-electron chi connectivity index (χ1n) is 5.03. The summed E-state index contributed by atoms with van der Waals surface area (Å²) in [7, 11) is 0. The number of ketones is 1. The molecule has 0 aliphatic heterocycles. The molecule has 0 radical (unpaired) electrons. The highest BCUT2D eigenvalue weighted by Crippen LogP contribution is 2.31. The molecule has 1 aromatic rings. The molecule has 1 aliphatic carbocycles. The highest BCUT2D eigenvalue weighted by Gasteiger charge is 2.19. The molecule has 0 fully saturated rings. The van der Waals surface area contributed by atoms with Crippen LogP contribution in [0.4, 0.5) is 0 Å². The van der Waals surface area contributed by atoms with Crippen molar-refractivity contribution in [1.82, 2.24) is 0 Å². The molecule has 0 unspecified atom stereocenters. The molecule has 0 saturated carbocycles. The Morgan fingerprint density at radius 1 is 1.21 bits per heavy atom. The minimum absolute atomic E-state index is 0.273. The van der Waals surface area contributed by atoms with Crippen LogP contribution in [0.2, 0.25) is 0 Å². The Kier molecular flexibility index (Phi) is 2.49. The van der Waals surface area contributed by atoms with Gasteiger partial charge in [0.1, 0.15) is 0 Å². The molecule has 1 aromatic carbocycles. The second-order valence-corrected chi connectivity index (χ2v) is 3.86. The maximum atomic E-state index is 11.2. The lowest BCUT2D eigenvalue weighted by Crippen LogP contribution is -2.10. The number of carbonyl (C=O) groups excluding carboxylic acids is 1. The van der Waals surface area contributed by atoms with Crippen molar-refractivity contribution in [2.24, 2.45) is 0 Å². The standard InChI is InChI=1S/C13H14O/c1-10-9-12(14)7-8-13(10)11-5-3-2-4-6-11/h2-6,9,13H,7-8H2,1H3/t13-/m0/s1. The van der Waals surface area contributed by atoms with Gasteiger partial charge in [-0.15, -0.1) is 0 Å². The minimum atomic E-state index is 0.273. The van der Waals surface area contributed by atoms with Crippen molar-refractivity contribution in [1.29, 1.82) is 0 Å². The van der Waals surface area contributed by atoms with Gasteiger partial charge in [-0.3, -0.25) is 4.79 Å². The number of benzene rings is 1. The fraction of sp³-hybridized carbons (Fsp3) is 0.308. The zero-order chi connectivity index (χ0) is 9.97. The molecule has 1 atom stereocenters. The average Bonchev–Trinajstić information content (AvgIpc) is 2.19. The maximum Gasteiger partial charge on any atom is 0.155 e. The first kappa shape index (κ1) is 9.20. The van der Waals surface area contributed by atoms with Crippen molar-refractivity contribution in [3.8, 4) is 0 Å². The van der Waals surface area contributed by atoms with E-state index >= 15 is 0 Å². The predicted octanol–water partition coefficient (Wildman–Crippen LogP) is 3.08. The van der Waals surface area contributed by atoms with Gasteiger partial charge in [0.2, 0.25) is 0 Å². The van der Waals surface area contributed by atoms with E-state index in [1.165, 1.54) is 11.1 Å². The van der Waals surface area contributed by atoms with E-state index in [-0.39, 0.29) is 5.78 Å². The Labute approximate surface area is 84.5 Å². The van der Waals surface area contributed by atoms with Crippen molar-refractivity contribution in [3.05, 3.63) is 47.5 Å². The van der Waals surface area contributed by atoms with E-state index in [1.54, 1.807) is 6.08 Å². The van der Waals surface area contributed by atoms with Gasteiger partial charge in [-0.05, 0) is 25.0 Å². The van der Waals surface area contributed by atoms with Gasteiger partial charge in [0.15, 0.2) is 5.78 Å². The summed E-state index contributed by atoms with van der Waals surface area (Å²) in [6.45, 7) is 2.05. The SMILES string of the molecule is CC1=CC(=O)CC[C@@H]1c1ccccc1. The average molecular weight is 186 g/mol. The van der Waals surface area contributed by atoms with Gasteiger partial charge < -0.3 is 0 Å². The Bertz CT molecular complexity index is 362. The topological polar surface area (TPSA) is 17.1 Å². The van der Waals surface area contributed by atoms with Gasteiger partial charge in [0.05, 0.1) is 0 Å². The van der Waals surface area contributed by atoms with E-state index in [9.17, 15) is 4.79 Å². The molecule has 72 valence electrons. The molecule has 0 bridgehead atoms. The molecular formula is C13H14O. The Morgan fingerprint density at radius 3 is 2.57 bits per heavy atom. The first-order chi connectivity index (χ1) is 6.77.